The van der Waals surface area contributed by atoms with Gasteiger partial charge in [0.15, 0.2) is 12.0 Å². The Labute approximate surface area is 265 Å². The van der Waals surface area contributed by atoms with Gasteiger partial charge in [-0.3, -0.25) is 4.79 Å². The van der Waals surface area contributed by atoms with Crippen LogP contribution in [0.2, 0.25) is 0 Å². The van der Waals surface area contributed by atoms with E-state index in [4.69, 9.17) is 28.1 Å². The fourth-order valence-electron chi connectivity index (χ4n) is 6.64. The van der Waals surface area contributed by atoms with Gasteiger partial charge in [-0.05, 0) is 56.8 Å². The lowest BCUT2D eigenvalue weighted by Gasteiger charge is -2.33. The average molecular weight is 626 g/mol. The zero-order chi connectivity index (χ0) is 32.5. The number of cyclic esters (lactones) is 1. The summed E-state index contributed by atoms with van der Waals surface area (Å²) in [5, 5.41) is 11.4. The van der Waals surface area contributed by atoms with Crippen LogP contribution in [-0.4, -0.2) is 77.5 Å². The second-order valence-electron chi connectivity index (χ2n) is 13.3. The summed E-state index contributed by atoms with van der Waals surface area (Å²) in [6.45, 7) is 11.6. The third-order valence-corrected chi connectivity index (χ3v) is 9.63. The third kappa shape index (κ3) is 8.03. The maximum atomic E-state index is 13.4. The maximum Gasteiger partial charge on any atom is 0.338 e. The lowest BCUT2D eigenvalue weighted by Crippen LogP contribution is -2.42. The van der Waals surface area contributed by atoms with Crippen LogP contribution < -0.4 is 0 Å². The number of nitrogens with zero attached hydrogens (tertiary/aromatic N) is 1. The van der Waals surface area contributed by atoms with E-state index in [1.165, 1.54) is 0 Å². The minimum absolute atomic E-state index is 0.0130. The first-order chi connectivity index (χ1) is 21.4. The van der Waals surface area contributed by atoms with Crippen molar-refractivity contribution in [1.82, 2.24) is 4.98 Å². The summed E-state index contributed by atoms with van der Waals surface area (Å²) in [6, 6.07) is 0. The SMILES string of the molecule is CO[C@@H](/C(C)=C/C=C\C(C)=C\c1coc(C)n1)[C@@H](C)[C@@H]1C[C@H](O)[C@@]2(C)O[C@H]2/C=C\[C@H](C)[C@@H]2C[C@H](CC(=O)O2)C[C@H]2O[C@H]2C(=O)O1. The quantitative estimate of drug-likeness (QED) is 0.190. The highest BCUT2D eigenvalue weighted by Gasteiger charge is 2.57. The second kappa shape index (κ2) is 13.7. The molecular formula is C35H47NO9. The van der Waals surface area contributed by atoms with E-state index in [1.54, 1.807) is 20.3 Å². The van der Waals surface area contributed by atoms with E-state index in [2.05, 4.69) is 4.98 Å². The molecule has 10 heteroatoms. The fourth-order valence-corrected chi connectivity index (χ4v) is 6.64. The van der Waals surface area contributed by atoms with Crippen molar-refractivity contribution in [2.75, 3.05) is 7.11 Å². The molecule has 1 N–H and O–H groups in total. The van der Waals surface area contributed by atoms with Crippen LogP contribution in [0.4, 0.5) is 0 Å². The summed E-state index contributed by atoms with van der Waals surface area (Å²) in [5.74, 6) is -0.316. The van der Waals surface area contributed by atoms with Crippen LogP contribution in [0.15, 0.2) is 52.2 Å². The molecule has 0 aromatic carbocycles. The highest BCUT2D eigenvalue weighted by molar-refractivity contribution is 5.78. The Hall–Kier alpha value is -3.05. The van der Waals surface area contributed by atoms with Gasteiger partial charge in [0.25, 0.3) is 0 Å². The normalized spacial score (nSPS) is 38.0. The number of aromatic nitrogens is 1. The lowest BCUT2D eigenvalue weighted by atomic mass is 9.84. The number of carbonyl (C=O) groups excluding carboxylic acids is 2. The molecule has 0 unspecified atom stereocenters. The lowest BCUT2D eigenvalue weighted by molar-refractivity contribution is -0.159. The van der Waals surface area contributed by atoms with Gasteiger partial charge in [0, 0.05) is 38.7 Å². The summed E-state index contributed by atoms with van der Waals surface area (Å²) < 4.78 is 34.7. The first-order valence-electron chi connectivity index (χ1n) is 16.0. The molecule has 5 rings (SSSR count). The zero-order valence-corrected chi connectivity index (χ0v) is 27.3. The molecule has 246 valence electrons. The molecule has 45 heavy (non-hydrogen) atoms. The standard InChI is InChI=1S/C35H47NO9/c1-19(13-25-18-41-23(5)36-25)9-8-10-21(3)32(40-7)22(4)27-17-29(37)35(6)30(45-35)12-11-20(2)26-14-24(16-31(38)42-26)15-28-33(43-28)34(39)44-27/h8-13,18,20,22,24,26-30,32-33,37H,14-17H2,1-7H3/b9-8-,12-11-,19-13+,21-10+/t20-,22-,24-,26-,27-,28+,29-,30-,32-,33+,35+/m0/s1. The Morgan fingerprint density at radius 3 is 2.62 bits per heavy atom. The highest BCUT2D eigenvalue weighted by atomic mass is 16.6. The van der Waals surface area contributed by atoms with Crippen LogP contribution >= 0.6 is 0 Å². The number of methoxy groups -OCH3 is 1. The van der Waals surface area contributed by atoms with Gasteiger partial charge in [-0.25, -0.2) is 9.78 Å². The van der Waals surface area contributed by atoms with Gasteiger partial charge >= 0.3 is 11.9 Å². The van der Waals surface area contributed by atoms with Crippen molar-refractivity contribution >= 4 is 18.0 Å². The highest BCUT2D eigenvalue weighted by Crippen LogP contribution is 2.44. The number of oxazole rings is 1. The predicted octanol–water partition coefficient (Wildman–Crippen LogP) is 5.05. The summed E-state index contributed by atoms with van der Waals surface area (Å²) in [6.07, 6.45) is 11.7. The van der Waals surface area contributed by atoms with Crippen molar-refractivity contribution in [2.45, 2.75) is 116 Å². The summed E-state index contributed by atoms with van der Waals surface area (Å²) in [4.78, 5) is 30.1. The van der Waals surface area contributed by atoms with Crippen molar-refractivity contribution in [3.8, 4) is 0 Å². The molecule has 0 radical (unpaired) electrons. The van der Waals surface area contributed by atoms with E-state index < -0.39 is 36.0 Å². The molecule has 4 aliphatic rings. The number of aliphatic hydroxyl groups is 1. The van der Waals surface area contributed by atoms with Gasteiger partial charge in [-0.15, -0.1) is 0 Å². The fraction of sp³-hybridized carbons (Fsp3) is 0.629. The van der Waals surface area contributed by atoms with E-state index in [-0.39, 0.29) is 48.5 Å². The average Bonchev–Trinajstić information content (AvgIpc) is 3.86. The van der Waals surface area contributed by atoms with E-state index in [9.17, 15) is 14.7 Å². The molecule has 1 aromatic rings. The van der Waals surface area contributed by atoms with Crippen molar-refractivity contribution in [3.63, 3.8) is 0 Å². The molecule has 3 fully saturated rings. The van der Waals surface area contributed by atoms with Crippen LogP contribution in [0.5, 0.6) is 0 Å². The smallest absolute Gasteiger partial charge is 0.338 e. The van der Waals surface area contributed by atoms with Gasteiger partial charge in [0.2, 0.25) is 0 Å². The topological polar surface area (TPSA) is 133 Å². The number of hydrogen-bond acceptors (Lipinski definition) is 10. The number of esters is 2. The van der Waals surface area contributed by atoms with Gasteiger partial charge in [-0.2, -0.15) is 0 Å². The Morgan fingerprint density at radius 1 is 1.16 bits per heavy atom. The molecule has 4 aliphatic heterocycles. The van der Waals surface area contributed by atoms with E-state index in [0.29, 0.717) is 25.2 Å². The van der Waals surface area contributed by atoms with Gasteiger partial charge < -0.3 is 33.2 Å². The van der Waals surface area contributed by atoms with E-state index in [0.717, 1.165) is 16.8 Å². The largest absolute Gasteiger partial charge is 0.462 e. The van der Waals surface area contributed by atoms with Gasteiger partial charge in [-0.1, -0.05) is 44.2 Å². The summed E-state index contributed by atoms with van der Waals surface area (Å²) >= 11 is 0. The molecule has 0 aliphatic carbocycles. The first kappa shape index (κ1) is 33.3. The number of aliphatic hydroxyl groups excluding tert-OH is 1. The Morgan fingerprint density at radius 2 is 1.91 bits per heavy atom. The molecule has 1 aromatic heterocycles. The third-order valence-electron chi connectivity index (χ3n) is 9.63. The number of rotatable bonds is 7. The Bertz CT molecular complexity index is 1360. The second-order valence-corrected chi connectivity index (χ2v) is 13.3. The number of hydrogen-bond donors (Lipinski definition) is 1. The first-order valence-corrected chi connectivity index (χ1v) is 16.0. The molecular weight excluding hydrogens is 578 g/mol. The Balaban J connectivity index is 1.33. The van der Waals surface area contributed by atoms with Crippen molar-refractivity contribution in [1.29, 1.82) is 0 Å². The van der Waals surface area contributed by atoms with Gasteiger partial charge in [0.05, 0.1) is 18.3 Å². The van der Waals surface area contributed by atoms with Crippen LogP contribution in [-0.2, 0) is 33.3 Å². The van der Waals surface area contributed by atoms with Crippen LogP contribution in [0.1, 0.15) is 71.9 Å². The molecule has 3 saturated heterocycles. The van der Waals surface area contributed by atoms with Crippen LogP contribution in [0.25, 0.3) is 6.08 Å². The Kier molecular flexibility index (Phi) is 10.2. The molecule has 0 spiro atoms. The number of epoxide rings is 2. The zero-order valence-electron chi connectivity index (χ0n) is 27.3. The molecule has 11 atom stereocenters. The molecule has 0 amide bonds. The summed E-state index contributed by atoms with van der Waals surface area (Å²) in [5.41, 5.74) is 1.86. The van der Waals surface area contributed by atoms with E-state index in [1.807, 2.05) is 71.1 Å². The van der Waals surface area contributed by atoms with Crippen molar-refractivity contribution in [3.05, 3.63) is 59.4 Å². The predicted molar refractivity (Wildman–Crippen MR) is 166 cm³/mol. The van der Waals surface area contributed by atoms with Crippen molar-refractivity contribution < 1.29 is 42.8 Å². The molecule has 0 saturated carbocycles. The van der Waals surface area contributed by atoms with Gasteiger partial charge in [0.1, 0.15) is 35.9 Å². The number of fused-ring (bicyclic) bond motifs is 4. The monoisotopic (exact) mass is 625 g/mol. The molecule has 2 bridgehead atoms. The van der Waals surface area contributed by atoms with Crippen LogP contribution in [0, 0.1) is 24.7 Å². The minimum atomic E-state index is -0.905. The van der Waals surface area contributed by atoms with Crippen LogP contribution in [0.3, 0.4) is 0 Å². The summed E-state index contributed by atoms with van der Waals surface area (Å²) in [7, 11) is 1.63. The number of ether oxygens (including phenoxy) is 5. The van der Waals surface area contributed by atoms with E-state index >= 15 is 0 Å². The number of aryl methyl sites for hydroxylation is 1. The maximum absolute atomic E-state index is 13.4. The number of carbonyl (C=O) groups is 2. The minimum Gasteiger partial charge on any atom is -0.462 e. The molecule has 5 heterocycles. The van der Waals surface area contributed by atoms with Crippen molar-refractivity contribution in [2.24, 2.45) is 17.8 Å². The number of allylic oxidation sites excluding steroid dienone is 4. The molecule has 10 nitrogen and oxygen atoms in total.